The molecule has 6 heteroatoms. The molecular formula is C18H25N3O3. The first kappa shape index (κ1) is 15.7. The quantitative estimate of drug-likeness (QED) is 0.855. The van der Waals surface area contributed by atoms with Crippen LogP contribution in [0.5, 0.6) is 0 Å². The summed E-state index contributed by atoms with van der Waals surface area (Å²) in [7, 11) is 0. The monoisotopic (exact) mass is 331 g/mol. The number of nitrogens with two attached hydrogens (primary N) is 1. The third kappa shape index (κ3) is 2.63. The Balaban J connectivity index is 1.64. The van der Waals surface area contributed by atoms with E-state index in [0.717, 1.165) is 57.2 Å². The number of ether oxygens (including phenoxy) is 2. The fourth-order valence-corrected chi connectivity index (χ4v) is 4.18. The summed E-state index contributed by atoms with van der Waals surface area (Å²) in [5, 5.41) is 0. The average molecular weight is 331 g/mol. The Labute approximate surface area is 142 Å². The van der Waals surface area contributed by atoms with E-state index in [1.54, 1.807) is 0 Å². The Hall–Kier alpha value is -1.79. The third-order valence-corrected chi connectivity index (χ3v) is 5.32. The molecule has 0 bridgehead atoms. The van der Waals surface area contributed by atoms with Crippen molar-refractivity contribution in [3.63, 3.8) is 0 Å². The Morgan fingerprint density at radius 2 is 2.08 bits per heavy atom. The molecule has 1 unspecified atom stereocenters. The number of allylic oxidation sites excluding steroid dienone is 3. The minimum atomic E-state index is -0.539. The van der Waals surface area contributed by atoms with Gasteiger partial charge in [-0.05, 0) is 57.1 Å². The van der Waals surface area contributed by atoms with Crippen LogP contribution in [0.4, 0.5) is 0 Å². The molecule has 1 saturated carbocycles. The van der Waals surface area contributed by atoms with Crippen molar-refractivity contribution in [2.45, 2.75) is 63.1 Å². The Kier molecular flexibility index (Phi) is 4.10. The minimum Gasteiger partial charge on any atom is -0.366 e. The van der Waals surface area contributed by atoms with E-state index in [4.69, 9.17) is 15.2 Å². The summed E-state index contributed by atoms with van der Waals surface area (Å²) < 4.78 is 12.3. The van der Waals surface area contributed by atoms with Crippen molar-refractivity contribution in [1.82, 2.24) is 9.80 Å². The molecule has 0 spiro atoms. The standard InChI is InChI=1S/C18H25N3O3/c19-16(22)17-20-11-5-1-7-14(20)13-21(17)18(9-3-4-10-18)24-15-8-2-6-12-23-15/h1,5,7,11,13,15,17H,2-4,6,8-10,12H2,(H2,19,22)/t15-,17?/m0/s1. The molecule has 1 amide bonds. The van der Waals surface area contributed by atoms with Crippen molar-refractivity contribution in [2.24, 2.45) is 5.73 Å². The molecule has 0 aromatic carbocycles. The topological polar surface area (TPSA) is 68.0 Å². The van der Waals surface area contributed by atoms with Gasteiger partial charge in [0.2, 0.25) is 0 Å². The maximum absolute atomic E-state index is 12.2. The van der Waals surface area contributed by atoms with E-state index in [1.807, 2.05) is 40.4 Å². The lowest BCUT2D eigenvalue weighted by atomic mass is 10.1. The van der Waals surface area contributed by atoms with Crippen molar-refractivity contribution in [1.29, 1.82) is 0 Å². The second-order valence-electron chi connectivity index (χ2n) is 6.91. The first-order valence-electron chi connectivity index (χ1n) is 8.92. The Morgan fingerprint density at radius 3 is 2.79 bits per heavy atom. The van der Waals surface area contributed by atoms with Crippen LogP contribution in [0.15, 0.2) is 36.3 Å². The number of primary amides is 1. The van der Waals surface area contributed by atoms with Gasteiger partial charge in [0.05, 0.1) is 5.70 Å². The van der Waals surface area contributed by atoms with Crippen LogP contribution in [0.2, 0.25) is 0 Å². The van der Waals surface area contributed by atoms with E-state index in [9.17, 15) is 4.79 Å². The summed E-state index contributed by atoms with van der Waals surface area (Å²) in [6.07, 6.45) is 16.2. The summed E-state index contributed by atoms with van der Waals surface area (Å²) >= 11 is 0. The molecule has 0 radical (unpaired) electrons. The van der Waals surface area contributed by atoms with Gasteiger partial charge in [-0.3, -0.25) is 4.79 Å². The van der Waals surface area contributed by atoms with Crippen molar-refractivity contribution in [3.05, 3.63) is 36.3 Å². The molecule has 1 saturated heterocycles. The van der Waals surface area contributed by atoms with Gasteiger partial charge >= 0.3 is 0 Å². The van der Waals surface area contributed by atoms with Crippen LogP contribution in [0.3, 0.4) is 0 Å². The first-order chi connectivity index (χ1) is 11.7. The molecule has 4 aliphatic rings. The van der Waals surface area contributed by atoms with Crippen LogP contribution >= 0.6 is 0 Å². The van der Waals surface area contributed by atoms with Gasteiger partial charge in [-0.1, -0.05) is 6.08 Å². The van der Waals surface area contributed by atoms with Gasteiger partial charge in [0.15, 0.2) is 12.5 Å². The lowest BCUT2D eigenvalue weighted by Crippen LogP contribution is -2.58. The maximum atomic E-state index is 12.2. The highest BCUT2D eigenvalue weighted by Crippen LogP contribution is 2.43. The highest BCUT2D eigenvalue weighted by molar-refractivity contribution is 5.81. The summed E-state index contributed by atoms with van der Waals surface area (Å²) in [6, 6.07) is 0. The summed E-state index contributed by atoms with van der Waals surface area (Å²) in [4.78, 5) is 16.2. The highest BCUT2D eigenvalue weighted by Gasteiger charge is 2.50. The third-order valence-electron chi connectivity index (χ3n) is 5.32. The van der Waals surface area contributed by atoms with Crippen molar-refractivity contribution < 1.29 is 14.3 Å². The normalized spacial score (nSPS) is 31.2. The summed E-state index contributed by atoms with van der Waals surface area (Å²) in [6.45, 7) is 0.749. The van der Waals surface area contributed by atoms with E-state index >= 15 is 0 Å². The molecule has 2 atom stereocenters. The number of carbonyl (C=O) groups excluding carboxylic acids is 1. The lowest BCUT2D eigenvalue weighted by molar-refractivity contribution is -0.266. The van der Waals surface area contributed by atoms with E-state index in [1.165, 1.54) is 0 Å². The van der Waals surface area contributed by atoms with Crippen LogP contribution in [0, 0.1) is 0 Å². The van der Waals surface area contributed by atoms with Gasteiger partial charge in [0, 0.05) is 19.0 Å². The number of hydrogen-bond acceptors (Lipinski definition) is 5. The largest absolute Gasteiger partial charge is 0.366 e. The maximum Gasteiger partial charge on any atom is 0.261 e. The lowest BCUT2D eigenvalue weighted by Gasteiger charge is -2.44. The molecule has 4 rings (SSSR count). The van der Waals surface area contributed by atoms with Crippen LogP contribution in [0.25, 0.3) is 0 Å². The number of amides is 1. The second-order valence-corrected chi connectivity index (χ2v) is 6.91. The summed E-state index contributed by atoms with van der Waals surface area (Å²) in [5.41, 5.74) is 6.22. The molecule has 0 aromatic rings. The zero-order chi connectivity index (χ0) is 16.6. The number of hydrogen-bond donors (Lipinski definition) is 1. The van der Waals surface area contributed by atoms with E-state index in [0.29, 0.717) is 0 Å². The fraction of sp³-hybridized carbons (Fsp3) is 0.611. The van der Waals surface area contributed by atoms with Crippen molar-refractivity contribution >= 4 is 5.91 Å². The Bertz CT molecular complexity index is 586. The van der Waals surface area contributed by atoms with E-state index < -0.39 is 11.9 Å². The average Bonchev–Trinajstić information content (AvgIpc) is 3.20. The Morgan fingerprint density at radius 1 is 1.25 bits per heavy atom. The predicted octanol–water partition coefficient (Wildman–Crippen LogP) is 2.15. The van der Waals surface area contributed by atoms with E-state index in [-0.39, 0.29) is 12.2 Å². The number of rotatable bonds is 4. The molecule has 3 aliphatic heterocycles. The molecule has 1 aliphatic carbocycles. The highest BCUT2D eigenvalue weighted by atomic mass is 16.7. The van der Waals surface area contributed by atoms with E-state index in [2.05, 4.69) is 0 Å². The molecule has 3 heterocycles. The van der Waals surface area contributed by atoms with Crippen LogP contribution in [-0.4, -0.2) is 40.5 Å². The van der Waals surface area contributed by atoms with Crippen LogP contribution in [-0.2, 0) is 14.3 Å². The number of nitrogens with zero attached hydrogens (tertiary/aromatic N) is 2. The molecule has 2 fully saturated rings. The number of fused-ring (bicyclic) bond motifs is 1. The van der Waals surface area contributed by atoms with Gasteiger partial charge < -0.3 is 25.0 Å². The van der Waals surface area contributed by atoms with Crippen LogP contribution < -0.4 is 5.73 Å². The molecule has 0 aromatic heterocycles. The zero-order valence-electron chi connectivity index (χ0n) is 13.9. The first-order valence-corrected chi connectivity index (χ1v) is 8.92. The van der Waals surface area contributed by atoms with Crippen LogP contribution in [0.1, 0.15) is 44.9 Å². The van der Waals surface area contributed by atoms with Gasteiger partial charge in [-0.15, -0.1) is 0 Å². The number of carbonyl (C=O) groups is 1. The SMILES string of the molecule is NC(=O)C1N2C=CC=CC2=CN1C1(O[C@H]2CCCCO2)CCCC1. The van der Waals surface area contributed by atoms with Gasteiger partial charge in [-0.25, -0.2) is 0 Å². The minimum absolute atomic E-state index is 0.188. The molecule has 2 N–H and O–H groups in total. The van der Waals surface area contributed by atoms with Crippen molar-refractivity contribution in [3.8, 4) is 0 Å². The predicted molar refractivity (Wildman–Crippen MR) is 88.9 cm³/mol. The fourth-order valence-electron chi connectivity index (χ4n) is 4.18. The summed E-state index contributed by atoms with van der Waals surface area (Å²) in [5.74, 6) is -0.361. The molecular weight excluding hydrogens is 306 g/mol. The molecule has 24 heavy (non-hydrogen) atoms. The van der Waals surface area contributed by atoms with Gasteiger partial charge in [0.25, 0.3) is 5.91 Å². The second kappa shape index (κ2) is 6.26. The van der Waals surface area contributed by atoms with Gasteiger partial charge in [0.1, 0.15) is 5.72 Å². The van der Waals surface area contributed by atoms with Gasteiger partial charge in [-0.2, -0.15) is 0 Å². The van der Waals surface area contributed by atoms with Crippen molar-refractivity contribution in [2.75, 3.05) is 6.61 Å². The zero-order valence-corrected chi connectivity index (χ0v) is 13.9. The molecule has 6 nitrogen and oxygen atoms in total. The smallest absolute Gasteiger partial charge is 0.261 e. The molecule has 130 valence electrons.